The molecular weight excluding hydrogens is 438 g/mol. The van der Waals surface area contributed by atoms with Crippen molar-refractivity contribution in [3.63, 3.8) is 0 Å². The topological polar surface area (TPSA) is 64.3 Å². The molecule has 35 heavy (non-hydrogen) atoms. The smallest absolute Gasteiger partial charge is 0.298 e. The lowest BCUT2D eigenvalue weighted by Gasteiger charge is -2.54. The number of Topliss-reactive ketones (excluding diaryl/α,β-unsaturated/α-hetero) is 1. The molecule has 2 aromatic rings. The molecule has 0 N–H and O–H groups in total. The van der Waals surface area contributed by atoms with Gasteiger partial charge in [0.05, 0.1) is 17.4 Å². The van der Waals surface area contributed by atoms with Crippen LogP contribution in [0.1, 0.15) is 90.0 Å². The van der Waals surface area contributed by atoms with E-state index in [2.05, 4.69) is 4.90 Å². The minimum absolute atomic E-state index is 0.0101. The largest absolute Gasteiger partial charge is 0.332 e. The van der Waals surface area contributed by atoms with Crippen molar-refractivity contribution in [1.82, 2.24) is 14.0 Å². The highest BCUT2D eigenvalue weighted by atomic mass is 16.2. The predicted molar refractivity (Wildman–Crippen MR) is 138 cm³/mol. The van der Waals surface area contributed by atoms with Crippen molar-refractivity contribution in [1.29, 1.82) is 0 Å². The third-order valence-corrected chi connectivity index (χ3v) is 9.61. The number of piperidine rings is 2. The van der Waals surface area contributed by atoms with Crippen molar-refractivity contribution in [2.24, 2.45) is 11.8 Å². The summed E-state index contributed by atoms with van der Waals surface area (Å²) >= 11 is 0. The highest BCUT2D eigenvalue weighted by Gasteiger charge is 2.45. The van der Waals surface area contributed by atoms with E-state index >= 15 is 0 Å². The Balaban J connectivity index is 1.34. The van der Waals surface area contributed by atoms with Crippen LogP contribution in [0.25, 0.3) is 10.9 Å². The van der Waals surface area contributed by atoms with Crippen LogP contribution in [0.3, 0.4) is 0 Å². The molecule has 4 aliphatic rings. The average molecular weight is 478 g/mol. The Morgan fingerprint density at radius 3 is 2.11 bits per heavy atom. The van der Waals surface area contributed by atoms with Gasteiger partial charge in [-0.25, -0.2) is 4.79 Å². The molecule has 2 saturated heterocycles. The Kier molecular flexibility index (Phi) is 6.20. The first kappa shape index (κ1) is 23.2. The van der Waals surface area contributed by atoms with Gasteiger partial charge in [-0.1, -0.05) is 44.2 Å². The number of aromatic nitrogens is 2. The Labute approximate surface area is 207 Å². The molecule has 4 fully saturated rings. The minimum atomic E-state index is -0.316. The van der Waals surface area contributed by atoms with Crippen LogP contribution in [0.4, 0.5) is 0 Å². The van der Waals surface area contributed by atoms with Crippen LogP contribution in [0.15, 0.2) is 33.9 Å². The van der Waals surface area contributed by atoms with Crippen LogP contribution in [-0.2, 0) is 11.3 Å². The van der Waals surface area contributed by atoms with Crippen molar-refractivity contribution in [2.45, 2.75) is 115 Å². The molecule has 4 bridgehead atoms. The van der Waals surface area contributed by atoms with E-state index in [1.54, 1.807) is 12.1 Å². The number of rotatable bonds is 4. The van der Waals surface area contributed by atoms with Crippen LogP contribution < -0.4 is 11.2 Å². The molecule has 1 aromatic carbocycles. The molecule has 3 heterocycles. The molecule has 2 aliphatic heterocycles. The summed E-state index contributed by atoms with van der Waals surface area (Å²) in [6.45, 7) is 1.51. The Bertz CT molecular complexity index is 1200. The van der Waals surface area contributed by atoms with Gasteiger partial charge in [0.15, 0.2) is 0 Å². The lowest BCUT2D eigenvalue weighted by molar-refractivity contribution is -0.117. The van der Waals surface area contributed by atoms with Gasteiger partial charge in [0, 0.05) is 24.2 Å². The highest BCUT2D eigenvalue weighted by Crippen LogP contribution is 2.46. The van der Waals surface area contributed by atoms with Gasteiger partial charge >= 0.3 is 5.69 Å². The maximum absolute atomic E-state index is 13.7. The van der Waals surface area contributed by atoms with Crippen molar-refractivity contribution < 1.29 is 4.79 Å². The molecule has 0 amide bonds. The number of para-hydroxylation sites is 1. The van der Waals surface area contributed by atoms with Crippen molar-refractivity contribution in [2.75, 3.05) is 0 Å². The number of ketones is 1. The second kappa shape index (κ2) is 9.34. The van der Waals surface area contributed by atoms with E-state index in [0.29, 0.717) is 29.0 Å². The zero-order chi connectivity index (χ0) is 24.1. The summed E-state index contributed by atoms with van der Waals surface area (Å²) in [6.07, 6.45) is 15.1. The Morgan fingerprint density at radius 2 is 1.46 bits per heavy atom. The number of hydrogen-bond donors (Lipinski definition) is 0. The first-order chi connectivity index (χ1) is 17.0. The van der Waals surface area contributed by atoms with Crippen LogP contribution in [0.2, 0.25) is 0 Å². The summed E-state index contributed by atoms with van der Waals surface area (Å²) in [7, 11) is 0. The Morgan fingerprint density at radius 1 is 0.800 bits per heavy atom. The molecule has 6 heteroatoms. The molecule has 0 radical (unpaired) electrons. The van der Waals surface area contributed by atoms with Gasteiger partial charge in [0.2, 0.25) is 0 Å². The van der Waals surface area contributed by atoms with Crippen LogP contribution in [0.5, 0.6) is 0 Å². The maximum atomic E-state index is 13.7. The lowest BCUT2D eigenvalue weighted by Crippen LogP contribution is -2.59. The number of carbonyl (C=O) groups excluding carboxylic acids is 1. The zero-order valence-electron chi connectivity index (χ0n) is 21.0. The van der Waals surface area contributed by atoms with Crippen molar-refractivity contribution in [3.05, 3.63) is 45.1 Å². The van der Waals surface area contributed by atoms with Gasteiger partial charge in [-0.15, -0.1) is 0 Å². The number of benzene rings is 1. The van der Waals surface area contributed by atoms with E-state index < -0.39 is 0 Å². The second-order valence-electron chi connectivity index (χ2n) is 12.0. The van der Waals surface area contributed by atoms with Gasteiger partial charge in [-0.2, -0.15) is 0 Å². The van der Waals surface area contributed by atoms with Crippen LogP contribution in [-0.4, -0.2) is 37.9 Å². The quantitative estimate of drug-likeness (QED) is 0.642. The average Bonchev–Trinajstić information content (AvgIpc) is 3.00. The monoisotopic (exact) mass is 477 g/mol. The molecule has 1 aromatic heterocycles. The number of nitrogens with zero attached hydrogens (tertiary/aromatic N) is 3. The van der Waals surface area contributed by atoms with E-state index in [0.717, 1.165) is 24.7 Å². The van der Waals surface area contributed by atoms with E-state index in [4.69, 9.17) is 0 Å². The van der Waals surface area contributed by atoms with Gasteiger partial charge < -0.3 is 0 Å². The predicted octanol–water partition coefficient (Wildman–Crippen LogP) is 4.67. The summed E-state index contributed by atoms with van der Waals surface area (Å²) in [6, 6.07) is 8.75. The molecule has 2 saturated carbocycles. The van der Waals surface area contributed by atoms with E-state index in [1.165, 1.54) is 80.3 Å². The summed E-state index contributed by atoms with van der Waals surface area (Å²) in [4.78, 5) is 42.2. The molecular formula is C29H39N3O3. The lowest BCUT2D eigenvalue weighted by atomic mass is 9.73. The standard InChI is InChI=1S/C29H39N3O3/c1-19(33)18-30-27-12-5-4-11-26(27)28(34)32(29(30)35)25-16-22-9-6-10-23(17-25)31(22)24-14-20-7-2-3-8-21(13-20)15-24/h4-5,11-12,20-25H,2-3,6-10,13-18H2,1H3/t20-,21+,22-,23+,24?,25?. The van der Waals surface area contributed by atoms with Crippen molar-refractivity contribution >= 4 is 16.7 Å². The summed E-state index contributed by atoms with van der Waals surface area (Å²) in [5.41, 5.74) is 0.0612. The normalized spacial score (nSPS) is 33.4. The first-order valence-electron chi connectivity index (χ1n) is 14.0. The molecule has 188 valence electrons. The second-order valence-corrected chi connectivity index (χ2v) is 12.0. The minimum Gasteiger partial charge on any atom is -0.298 e. The zero-order valence-corrected chi connectivity index (χ0v) is 21.0. The highest BCUT2D eigenvalue weighted by molar-refractivity contribution is 5.81. The summed E-state index contributed by atoms with van der Waals surface area (Å²) in [5.74, 6) is 1.70. The van der Waals surface area contributed by atoms with Gasteiger partial charge in [0.25, 0.3) is 5.56 Å². The van der Waals surface area contributed by atoms with Gasteiger partial charge in [-0.05, 0) is 75.8 Å². The number of hydrogen-bond acceptors (Lipinski definition) is 4. The maximum Gasteiger partial charge on any atom is 0.332 e. The fraction of sp³-hybridized carbons (Fsp3) is 0.690. The van der Waals surface area contributed by atoms with Crippen molar-refractivity contribution in [3.8, 4) is 0 Å². The fourth-order valence-corrected chi connectivity index (χ4v) is 8.34. The Hall–Kier alpha value is -2.21. The summed E-state index contributed by atoms with van der Waals surface area (Å²) < 4.78 is 3.04. The first-order valence-corrected chi connectivity index (χ1v) is 14.0. The molecule has 0 spiro atoms. The molecule has 2 unspecified atom stereocenters. The molecule has 2 aliphatic carbocycles. The molecule has 6 nitrogen and oxygen atoms in total. The summed E-state index contributed by atoms with van der Waals surface area (Å²) in [5, 5.41) is 0.539. The number of carbonyl (C=O) groups is 1. The van der Waals surface area contributed by atoms with Crippen LogP contribution in [0, 0.1) is 11.8 Å². The van der Waals surface area contributed by atoms with Crippen LogP contribution >= 0.6 is 0 Å². The SMILES string of the molecule is CC(=O)Cn1c(=O)n(C2C[C@H]3CCC[C@@H](C2)N3C2C[C@H]3CCCC[C@@H](C2)C3)c(=O)c2ccccc21. The third-order valence-electron chi connectivity index (χ3n) is 9.61. The van der Waals surface area contributed by atoms with Gasteiger partial charge in [0.1, 0.15) is 5.78 Å². The third kappa shape index (κ3) is 4.22. The molecule has 6 atom stereocenters. The van der Waals surface area contributed by atoms with E-state index in [-0.39, 0.29) is 29.6 Å². The number of fused-ring (bicyclic) bond motifs is 5. The van der Waals surface area contributed by atoms with E-state index in [9.17, 15) is 14.4 Å². The van der Waals surface area contributed by atoms with Gasteiger partial charge in [-0.3, -0.25) is 23.6 Å². The molecule has 6 rings (SSSR count). The van der Waals surface area contributed by atoms with E-state index in [1.807, 2.05) is 12.1 Å². The fourth-order valence-electron chi connectivity index (χ4n) is 8.34.